The Bertz CT molecular complexity index is 1160. The van der Waals surface area contributed by atoms with Crippen LogP contribution in [0.2, 0.25) is 0 Å². The first-order valence-corrected chi connectivity index (χ1v) is 10.4. The Kier molecular flexibility index (Phi) is 4.60. The van der Waals surface area contributed by atoms with Crippen LogP contribution in [0.4, 0.5) is 5.69 Å². The van der Waals surface area contributed by atoms with Gasteiger partial charge in [0, 0.05) is 35.8 Å². The molecule has 0 atom stereocenters. The molecule has 0 saturated heterocycles. The van der Waals surface area contributed by atoms with E-state index < -0.39 is 10.0 Å². The maximum absolute atomic E-state index is 12.8. The number of rotatable bonds is 6. The van der Waals surface area contributed by atoms with Crippen molar-refractivity contribution < 1.29 is 17.9 Å². The maximum atomic E-state index is 12.8. The summed E-state index contributed by atoms with van der Waals surface area (Å²) in [5.41, 5.74) is 1.90. The van der Waals surface area contributed by atoms with E-state index in [-0.39, 0.29) is 28.2 Å². The molecule has 4 rings (SSSR count). The fourth-order valence-electron chi connectivity index (χ4n) is 3.12. The lowest BCUT2D eigenvalue weighted by Crippen LogP contribution is -2.26. The molecule has 8 heteroatoms. The topological polar surface area (TPSA) is 89.4 Å². The van der Waals surface area contributed by atoms with E-state index in [2.05, 4.69) is 10.0 Å². The molecule has 0 aliphatic heterocycles. The number of carbonyl (C=O) groups excluding carboxylic acids is 1. The van der Waals surface area contributed by atoms with Crippen LogP contribution in [0.25, 0.3) is 10.9 Å². The van der Waals surface area contributed by atoms with Gasteiger partial charge in [-0.2, -0.15) is 0 Å². The highest BCUT2D eigenvalue weighted by Gasteiger charge is 2.30. The number of hydrogen-bond donors (Lipinski definition) is 2. The van der Waals surface area contributed by atoms with E-state index in [1.54, 1.807) is 6.07 Å². The summed E-state index contributed by atoms with van der Waals surface area (Å²) in [5.74, 6) is -0.184. The van der Waals surface area contributed by atoms with Crippen LogP contribution in [0.3, 0.4) is 0 Å². The van der Waals surface area contributed by atoms with Crippen LogP contribution in [-0.4, -0.2) is 32.0 Å². The van der Waals surface area contributed by atoms with Gasteiger partial charge in [0.1, 0.15) is 10.6 Å². The Morgan fingerprint density at radius 3 is 2.68 bits per heavy atom. The van der Waals surface area contributed by atoms with Crippen molar-refractivity contribution in [2.45, 2.75) is 23.8 Å². The van der Waals surface area contributed by atoms with E-state index in [0.717, 1.165) is 23.7 Å². The fourth-order valence-corrected chi connectivity index (χ4v) is 4.62. The quantitative estimate of drug-likeness (QED) is 0.667. The van der Waals surface area contributed by atoms with E-state index in [1.807, 2.05) is 42.1 Å². The highest BCUT2D eigenvalue weighted by molar-refractivity contribution is 7.89. The Morgan fingerprint density at radius 1 is 1.18 bits per heavy atom. The molecule has 2 aromatic carbocycles. The normalized spacial score (nSPS) is 14.2. The molecule has 2 N–H and O–H groups in total. The van der Waals surface area contributed by atoms with Gasteiger partial charge < -0.3 is 14.6 Å². The average molecular weight is 399 g/mol. The van der Waals surface area contributed by atoms with Crippen LogP contribution in [0.15, 0.2) is 53.6 Å². The van der Waals surface area contributed by atoms with Crippen LogP contribution in [0.1, 0.15) is 23.2 Å². The van der Waals surface area contributed by atoms with E-state index in [0.29, 0.717) is 5.69 Å². The van der Waals surface area contributed by atoms with Gasteiger partial charge in [0.15, 0.2) is 0 Å². The van der Waals surface area contributed by atoms with Gasteiger partial charge in [-0.3, -0.25) is 4.79 Å². The molecule has 1 aliphatic carbocycles. The lowest BCUT2D eigenvalue weighted by Gasteiger charge is -2.13. The first kappa shape index (κ1) is 18.5. The third-order valence-corrected chi connectivity index (χ3v) is 6.33. The van der Waals surface area contributed by atoms with Gasteiger partial charge in [-0.05, 0) is 49.2 Å². The van der Waals surface area contributed by atoms with Gasteiger partial charge in [0.05, 0.1) is 12.8 Å². The molecular formula is C20H21N3O4S. The lowest BCUT2D eigenvalue weighted by molar-refractivity contribution is 0.102. The van der Waals surface area contributed by atoms with Crippen molar-refractivity contribution in [3.05, 3.63) is 54.2 Å². The highest BCUT2D eigenvalue weighted by atomic mass is 32.2. The Balaban J connectivity index is 1.66. The number of hydrogen-bond acceptors (Lipinski definition) is 4. The van der Waals surface area contributed by atoms with Crippen LogP contribution in [-0.2, 0) is 17.1 Å². The second kappa shape index (κ2) is 6.96. The number of anilines is 1. The molecular weight excluding hydrogens is 378 g/mol. The molecule has 1 aliphatic rings. The molecule has 28 heavy (non-hydrogen) atoms. The molecule has 7 nitrogen and oxygen atoms in total. The Morgan fingerprint density at radius 2 is 1.96 bits per heavy atom. The maximum Gasteiger partial charge on any atom is 0.255 e. The van der Waals surface area contributed by atoms with Crippen molar-refractivity contribution in [1.82, 2.24) is 9.29 Å². The lowest BCUT2D eigenvalue weighted by atomic mass is 10.1. The molecule has 146 valence electrons. The van der Waals surface area contributed by atoms with Crippen LogP contribution >= 0.6 is 0 Å². The van der Waals surface area contributed by atoms with Crippen LogP contribution in [0, 0.1) is 0 Å². The van der Waals surface area contributed by atoms with Gasteiger partial charge >= 0.3 is 0 Å². The van der Waals surface area contributed by atoms with Crippen molar-refractivity contribution in [3.63, 3.8) is 0 Å². The standard InChI is InChI=1S/C20H21N3O4S/c1-23-11-10-15-16(4-3-5-17(15)23)21-20(24)13-6-9-18(27-2)19(12-13)28(25,26)22-14-7-8-14/h3-6,9-12,14,22H,7-8H2,1-2H3,(H,21,24). The molecule has 0 radical (unpaired) electrons. The van der Waals surface area contributed by atoms with Crippen molar-refractivity contribution >= 4 is 32.5 Å². The first-order chi connectivity index (χ1) is 13.4. The number of benzene rings is 2. The number of amides is 1. The molecule has 1 amide bonds. The minimum absolute atomic E-state index is 0.0348. The van der Waals surface area contributed by atoms with E-state index in [1.165, 1.54) is 19.2 Å². The number of nitrogens with one attached hydrogen (secondary N) is 2. The third-order valence-electron chi connectivity index (χ3n) is 4.79. The predicted octanol–water partition coefficient (Wildman–Crippen LogP) is 2.88. The number of aromatic nitrogens is 1. The smallest absolute Gasteiger partial charge is 0.255 e. The summed E-state index contributed by atoms with van der Waals surface area (Å²) >= 11 is 0. The van der Waals surface area contributed by atoms with Gasteiger partial charge in [-0.25, -0.2) is 13.1 Å². The minimum atomic E-state index is -3.76. The second-order valence-electron chi connectivity index (χ2n) is 6.88. The number of nitrogens with zero attached hydrogens (tertiary/aromatic N) is 1. The van der Waals surface area contributed by atoms with Crippen molar-refractivity contribution in [1.29, 1.82) is 0 Å². The van der Waals surface area contributed by atoms with Gasteiger partial charge in [-0.1, -0.05) is 6.07 Å². The number of ether oxygens (including phenoxy) is 1. The zero-order chi connectivity index (χ0) is 19.9. The summed E-state index contributed by atoms with van der Waals surface area (Å²) in [7, 11) is -0.422. The Hall–Kier alpha value is -2.84. The number of methoxy groups -OCH3 is 1. The van der Waals surface area contributed by atoms with Crippen molar-refractivity contribution in [2.75, 3.05) is 12.4 Å². The van der Waals surface area contributed by atoms with Gasteiger partial charge in [-0.15, -0.1) is 0 Å². The molecule has 0 bridgehead atoms. The SMILES string of the molecule is COc1ccc(C(=O)Nc2cccc3c2ccn3C)cc1S(=O)(=O)NC1CC1. The molecule has 0 spiro atoms. The fraction of sp³-hybridized carbons (Fsp3) is 0.250. The van der Waals surface area contributed by atoms with E-state index >= 15 is 0 Å². The summed E-state index contributed by atoms with van der Waals surface area (Å²) in [5, 5.41) is 3.79. The molecule has 1 fully saturated rings. The Labute approximate surface area is 163 Å². The summed E-state index contributed by atoms with van der Waals surface area (Å²) in [6.45, 7) is 0. The zero-order valence-corrected chi connectivity index (χ0v) is 16.4. The van der Waals surface area contributed by atoms with Crippen molar-refractivity contribution in [3.8, 4) is 5.75 Å². The summed E-state index contributed by atoms with van der Waals surface area (Å²) in [4.78, 5) is 12.8. The molecule has 3 aromatic rings. The minimum Gasteiger partial charge on any atom is -0.495 e. The van der Waals surface area contributed by atoms with E-state index in [9.17, 15) is 13.2 Å². The number of fused-ring (bicyclic) bond motifs is 1. The number of sulfonamides is 1. The van der Waals surface area contributed by atoms with Crippen LogP contribution in [0.5, 0.6) is 5.75 Å². The highest BCUT2D eigenvalue weighted by Crippen LogP contribution is 2.29. The van der Waals surface area contributed by atoms with Crippen molar-refractivity contribution in [2.24, 2.45) is 7.05 Å². The summed E-state index contributed by atoms with van der Waals surface area (Å²) in [6.07, 6.45) is 3.56. The van der Waals surface area contributed by atoms with Crippen LogP contribution < -0.4 is 14.8 Å². The van der Waals surface area contributed by atoms with Gasteiger partial charge in [0.25, 0.3) is 5.91 Å². The first-order valence-electron chi connectivity index (χ1n) is 8.95. The molecule has 0 unspecified atom stereocenters. The second-order valence-corrected chi connectivity index (χ2v) is 8.56. The number of aryl methyl sites for hydroxylation is 1. The zero-order valence-electron chi connectivity index (χ0n) is 15.6. The molecule has 1 aromatic heterocycles. The summed E-state index contributed by atoms with van der Waals surface area (Å²) < 4.78 is 35.1. The summed E-state index contributed by atoms with van der Waals surface area (Å²) in [6, 6.07) is 11.9. The average Bonchev–Trinajstić information content (AvgIpc) is 3.40. The van der Waals surface area contributed by atoms with E-state index in [4.69, 9.17) is 4.74 Å². The predicted molar refractivity (Wildman–Crippen MR) is 107 cm³/mol. The number of carbonyl (C=O) groups is 1. The molecule has 1 saturated carbocycles. The monoisotopic (exact) mass is 399 g/mol. The van der Waals surface area contributed by atoms with Gasteiger partial charge in [0.2, 0.25) is 10.0 Å². The third kappa shape index (κ3) is 3.48. The largest absolute Gasteiger partial charge is 0.495 e. The molecule has 1 heterocycles.